The molecule has 136 valence electrons. The quantitative estimate of drug-likeness (QED) is 0.708. The Morgan fingerprint density at radius 2 is 1.88 bits per heavy atom. The predicted octanol–water partition coefficient (Wildman–Crippen LogP) is 3.46. The van der Waals surface area contributed by atoms with Crippen LogP contribution in [0.1, 0.15) is 17.0 Å². The summed E-state index contributed by atoms with van der Waals surface area (Å²) in [6, 6.07) is 8.41. The molecule has 1 aromatic carbocycles. The molecule has 0 radical (unpaired) electrons. The Bertz CT molecular complexity index is 973. The van der Waals surface area contributed by atoms with Crippen molar-refractivity contribution in [2.24, 2.45) is 0 Å². The topological polar surface area (TPSA) is 70.2 Å². The van der Waals surface area contributed by atoms with E-state index in [1.165, 1.54) is 30.3 Å². The zero-order valence-corrected chi connectivity index (χ0v) is 13.9. The molecule has 0 N–H and O–H groups in total. The van der Waals surface area contributed by atoms with E-state index in [0.29, 0.717) is 22.7 Å². The van der Waals surface area contributed by atoms with Gasteiger partial charge in [0, 0.05) is 11.6 Å². The van der Waals surface area contributed by atoms with Crippen LogP contribution < -0.4 is 10.3 Å². The highest BCUT2D eigenvalue weighted by atomic mass is 19.4. The third-order valence-electron chi connectivity index (χ3n) is 3.67. The smallest absolute Gasteiger partial charge is 0.405 e. The Morgan fingerprint density at radius 1 is 1.15 bits per heavy atom. The van der Waals surface area contributed by atoms with Crippen LogP contribution in [-0.2, 0) is 6.54 Å². The molecule has 2 heterocycles. The van der Waals surface area contributed by atoms with Gasteiger partial charge in [0.1, 0.15) is 11.5 Å². The van der Waals surface area contributed by atoms with Gasteiger partial charge in [-0.15, -0.1) is 13.2 Å². The highest BCUT2D eigenvalue weighted by Gasteiger charge is 2.32. The van der Waals surface area contributed by atoms with Gasteiger partial charge in [0.25, 0.3) is 5.56 Å². The van der Waals surface area contributed by atoms with Crippen LogP contribution in [0.3, 0.4) is 0 Å². The summed E-state index contributed by atoms with van der Waals surface area (Å²) < 4.78 is 47.8. The van der Waals surface area contributed by atoms with Gasteiger partial charge in [0.15, 0.2) is 0 Å². The number of para-hydroxylation sites is 1. The minimum atomic E-state index is -4.83. The summed E-state index contributed by atoms with van der Waals surface area (Å²) in [4.78, 5) is 12.1. The molecule has 0 fully saturated rings. The number of hydrogen-bond donors (Lipinski definition) is 0. The van der Waals surface area contributed by atoms with Crippen LogP contribution in [0.25, 0.3) is 11.3 Å². The zero-order chi connectivity index (χ0) is 18.9. The first-order valence-electron chi connectivity index (χ1n) is 7.59. The largest absolute Gasteiger partial charge is 0.573 e. The van der Waals surface area contributed by atoms with Crippen LogP contribution in [0.5, 0.6) is 5.75 Å². The Balaban J connectivity index is 1.99. The molecule has 0 aliphatic carbocycles. The van der Waals surface area contributed by atoms with Crippen molar-refractivity contribution in [1.29, 1.82) is 0 Å². The maximum atomic E-state index is 12.6. The number of rotatable bonds is 4. The Hall–Kier alpha value is -3.10. The van der Waals surface area contributed by atoms with E-state index in [1.807, 2.05) is 0 Å². The maximum Gasteiger partial charge on any atom is 0.573 e. The lowest BCUT2D eigenvalue weighted by Crippen LogP contribution is -2.24. The van der Waals surface area contributed by atoms with Crippen molar-refractivity contribution in [3.05, 3.63) is 63.8 Å². The fourth-order valence-electron chi connectivity index (χ4n) is 2.56. The molecule has 0 aliphatic rings. The number of benzene rings is 1. The van der Waals surface area contributed by atoms with E-state index in [4.69, 9.17) is 4.52 Å². The van der Waals surface area contributed by atoms with Gasteiger partial charge < -0.3 is 9.26 Å². The predicted molar refractivity (Wildman–Crippen MR) is 85.7 cm³/mol. The summed E-state index contributed by atoms with van der Waals surface area (Å²) >= 11 is 0. The summed E-state index contributed by atoms with van der Waals surface area (Å²) in [5.41, 5.74) is 1.40. The molecule has 0 aliphatic heterocycles. The SMILES string of the molecule is Cc1noc(C)c1-c1ccc(=O)n(Cc2ccccc2OC(F)(F)F)n1. The molecule has 3 aromatic rings. The molecule has 0 amide bonds. The van der Waals surface area contributed by atoms with Gasteiger partial charge in [-0.25, -0.2) is 4.68 Å². The molecule has 0 saturated carbocycles. The van der Waals surface area contributed by atoms with Crippen molar-refractivity contribution >= 4 is 0 Å². The lowest BCUT2D eigenvalue weighted by molar-refractivity contribution is -0.274. The summed E-state index contributed by atoms with van der Waals surface area (Å²) in [5.74, 6) is 0.150. The third kappa shape index (κ3) is 3.76. The zero-order valence-electron chi connectivity index (χ0n) is 13.9. The van der Waals surface area contributed by atoms with Gasteiger partial charge in [-0.1, -0.05) is 23.4 Å². The minimum Gasteiger partial charge on any atom is -0.405 e. The normalized spacial score (nSPS) is 11.6. The van der Waals surface area contributed by atoms with E-state index in [9.17, 15) is 18.0 Å². The molecule has 9 heteroatoms. The number of nitrogens with zero attached hydrogens (tertiary/aromatic N) is 3. The van der Waals surface area contributed by atoms with Crippen molar-refractivity contribution in [2.45, 2.75) is 26.8 Å². The molecule has 3 rings (SSSR count). The fraction of sp³-hybridized carbons (Fsp3) is 0.235. The average molecular weight is 365 g/mol. The Kier molecular flexibility index (Phi) is 4.54. The summed E-state index contributed by atoms with van der Waals surface area (Å²) in [6.07, 6.45) is -4.83. The lowest BCUT2D eigenvalue weighted by Gasteiger charge is -2.14. The van der Waals surface area contributed by atoms with Crippen molar-refractivity contribution < 1.29 is 22.4 Å². The summed E-state index contributed by atoms with van der Waals surface area (Å²) in [5, 5.41) is 8.07. The Morgan fingerprint density at radius 3 is 2.54 bits per heavy atom. The maximum absolute atomic E-state index is 12.6. The number of ether oxygens (including phenoxy) is 1. The second-order valence-corrected chi connectivity index (χ2v) is 5.57. The van der Waals surface area contributed by atoms with Gasteiger partial charge in [-0.05, 0) is 26.0 Å². The van der Waals surface area contributed by atoms with Gasteiger partial charge in [0.2, 0.25) is 0 Å². The van der Waals surface area contributed by atoms with Crippen molar-refractivity contribution in [2.75, 3.05) is 0 Å². The standard InChI is InChI=1S/C17H14F3N3O3/c1-10-16(11(2)26-22-10)13-7-8-15(24)23(21-13)9-12-5-3-4-6-14(12)25-17(18,19)20/h3-8H,9H2,1-2H3. The van der Waals surface area contributed by atoms with Crippen LogP contribution in [0, 0.1) is 13.8 Å². The van der Waals surface area contributed by atoms with E-state index in [-0.39, 0.29) is 17.9 Å². The summed E-state index contributed by atoms with van der Waals surface area (Å²) in [6.45, 7) is 3.26. The third-order valence-corrected chi connectivity index (χ3v) is 3.67. The summed E-state index contributed by atoms with van der Waals surface area (Å²) in [7, 11) is 0. The molecule has 0 saturated heterocycles. The molecule has 0 spiro atoms. The van der Waals surface area contributed by atoms with Crippen LogP contribution in [0.4, 0.5) is 13.2 Å². The van der Waals surface area contributed by atoms with Crippen LogP contribution in [0.2, 0.25) is 0 Å². The number of halogens is 3. The molecule has 2 aromatic heterocycles. The van der Waals surface area contributed by atoms with Crippen LogP contribution >= 0.6 is 0 Å². The van der Waals surface area contributed by atoms with Gasteiger partial charge in [-0.2, -0.15) is 5.10 Å². The molecule has 0 bridgehead atoms. The van der Waals surface area contributed by atoms with Crippen molar-refractivity contribution in [1.82, 2.24) is 14.9 Å². The molecule has 6 nitrogen and oxygen atoms in total. The van der Waals surface area contributed by atoms with E-state index in [0.717, 1.165) is 4.68 Å². The first-order valence-corrected chi connectivity index (χ1v) is 7.59. The van der Waals surface area contributed by atoms with Gasteiger partial charge >= 0.3 is 6.36 Å². The van der Waals surface area contributed by atoms with E-state index < -0.39 is 11.9 Å². The van der Waals surface area contributed by atoms with Gasteiger partial charge in [0.05, 0.1) is 23.5 Å². The average Bonchev–Trinajstić information content (AvgIpc) is 2.89. The van der Waals surface area contributed by atoms with E-state index in [1.54, 1.807) is 19.9 Å². The van der Waals surface area contributed by atoms with Gasteiger partial charge in [-0.3, -0.25) is 4.79 Å². The highest BCUT2D eigenvalue weighted by molar-refractivity contribution is 5.62. The number of aromatic nitrogens is 3. The number of aryl methyl sites for hydroxylation is 2. The number of alkyl halides is 3. The second kappa shape index (κ2) is 6.66. The van der Waals surface area contributed by atoms with Crippen molar-refractivity contribution in [3.63, 3.8) is 0 Å². The molecular formula is C17H14F3N3O3. The minimum absolute atomic E-state index is 0.176. The monoisotopic (exact) mass is 365 g/mol. The van der Waals surface area contributed by atoms with Crippen molar-refractivity contribution in [3.8, 4) is 17.0 Å². The number of hydrogen-bond acceptors (Lipinski definition) is 5. The van der Waals surface area contributed by atoms with Crippen LogP contribution in [-0.4, -0.2) is 21.3 Å². The van der Waals surface area contributed by atoms with E-state index >= 15 is 0 Å². The first-order chi connectivity index (χ1) is 12.2. The fourth-order valence-corrected chi connectivity index (χ4v) is 2.56. The second-order valence-electron chi connectivity index (χ2n) is 5.57. The molecular weight excluding hydrogens is 351 g/mol. The molecule has 0 atom stereocenters. The first kappa shape index (κ1) is 17.7. The lowest BCUT2D eigenvalue weighted by atomic mass is 10.1. The van der Waals surface area contributed by atoms with E-state index in [2.05, 4.69) is 15.0 Å². The highest BCUT2D eigenvalue weighted by Crippen LogP contribution is 2.27. The molecule has 26 heavy (non-hydrogen) atoms. The van der Waals surface area contributed by atoms with Crippen LogP contribution in [0.15, 0.2) is 45.7 Å². The Labute approximate surface area is 145 Å². The molecule has 0 unspecified atom stereocenters.